The fourth-order valence-electron chi connectivity index (χ4n) is 1.22. The van der Waals surface area contributed by atoms with Gasteiger partial charge in [-0.1, -0.05) is 0 Å². The molecule has 0 aromatic rings. The molecule has 0 spiro atoms. The molecular weight excluding hydrogens is 148 g/mol. The average molecular weight is 160 g/mol. The van der Waals surface area contributed by atoms with Crippen LogP contribution in [0.25, 0.3) is 0 Å². The smallest absolute Gasteiger partial charge is 0.114 e. The summed E-state index contributed by atoms with van der Waals surface area (Å²) in [6.07, 6.45) is -0.668. The third-order valence-corrected chi connectivity index (χ3v) is 2.07. The first-order valence-electron chi connectivity index (χ1n) is 3.77. The molecule has 0 aromatic heterocycles. The lowest BCUT2D eigenvalue weighted by Gasteiger charge is -2.17. The largest absolute Gasteiger partial charge is 0.387 e. The van der Waals surface area contributed by atoms with Gasteiger partial charge in [-0.2, -0.15) is 0 Å². The van der Waals surface area contributed by atoms with Crippen LogP contribution < -0.4 is 0 Å². The summed E-state index contributed by atoms with van der Waals surface area (Å²) in [4.78, 5) is 0. The first-order chi connectivity index (χ1) is 5.33. The fraction of sp³-hybridized carbons (Fsp3) is 1.00. The van der Waals surface area contributed by atoms with Crippen molar-refractivity contribution in [3.63, 3.8) is 0 Å². The zero-order chi connectivity index (χ0) is 7.84. The Balaban J connectivity index is 1.86. The summed E-state index contributed by atoms with van der Waals surface area (Å²) in [5.74, 6) is 0. The van der Waals surface area contributed by atoms with Crippen molar-refractivity contribution in [2.24, 2.45) is 0 Å². The van der Waals surface area contributed by atoms with Crippen LogP contribution in [0.2, 0.25) is 0 Å². The Morgan fingerprint density at radius 1 is 1.36 bits per heavy atom. The highest BCUT2D eigenvalue weighted by molar-refractivity contribution is 4.92. The summed E-state index contributed by atoms with van der Waals surface area (Å²) >= 11 is 0. The van der Waals surface area contributed by atoms with Gasteiger partial charge in [0.2, 0.25) is 0 Å². The van der Waals surface area contributed by atoms with Crippen LogP contribution in [-0.4, -0.2) is 49.8 Å². The van der Waals surface area contributed by atoms with Gasteiger partial charge in [-0.15, -0.1) is 0 Å². The normalized spacial score (nSPS) is 39.8. The van der Waals surface area contributed by atoms with Gasteiger partial charge in [0, 0.05) is 7.11 Å². The number of aliphatic hydroxyl groups is 1. The van der Waals surface area contributed by atoms with Crippen LogP contribution in [0.3, 0.4) is 0 Å². The van der Waals surface area contributed by atoms with Gasteiger partial charge in [0.25, 0.3) is 0 Å². The Bertz CT molecular complexity index is 141. The summed E-state index contributed by atoms with van der Waals surface area (Å²) in [7, 11) is 1.58. The monoisotopic (exact) mass is 160 g/mol. The van der Waals surface area contributed by atoms with Crippen LogP contribution in [0.15, 0.2) is 0 Å². The third kappa shape index (κ3) is 1.54. The molecule has 11 heavy (non-hydrogen) atoms. The Kier molecular flexibility index (Phi) is 1.85. The van der Waals surface area contributed by atoms with Crippen LogP contribution in [0.4, 0.5) is 0 Å². The van der Waals surface area contributed by atoms with Gasteiger partial charge in [-0.05, 0) is 0 Å². The van der Waals surface area contributed by atoms with Crippen molar-refractivity contribution in [1.82, 2.24) is 0 Å². The van der Waals surface area contributed by atoms with E-state index in [-0.39, 0.29) is 18.3 Å². The highest BCUT2D eigenvalue weighted by atomic mass is 16.6. The molecule has 0 aliphatic carbocycles. The minimum Gasteiger partial charge on any atom is -0.387 e. The van der Waals surface area contributed by atoms with Crippen LogP contribution >= 0.6 is 0 Å². The summed E-state index contributed by atoms with van der Waals surface area (Å²) in [5, 5.41) is 9.53. The molecule has 0 bridgehead atoms. The summed E-state index contributed by atoms with van der Waals surface area (Å²) in [6.45, 7) is 1.34. The van der Waals surface area contributed by atoms with E-state index in [0.717, 1.165) is 0 Å². The first kappa shape index (κ1) is 7.49. The van der Waals surface area contributed by atoms with Gasteiger partial charge in [0.05, 0.1) is 13.2 Å². The van der Waals surface area contributed by atoms with E-state index >= 15 is 0 Å². The molecule has 0 unspecified atom stereocenters. The molecule has 2 heterocycles. The Morgan fingerprint density at radius 2 is 1.91 bits per heavy atom. The van der Waals surface area contributed by atoms with Crippen LogP contribution in [-0.2, 0) is 14.2 Å². The predicted octanol–water partition coefficient (Wildman–Crippen LogP) is -0.840. The van der Waals surface area contributed by atoms with Gasteiger partial charge in [0.1, 0.15) is 24.4 Å². The number of hydrogen-bond donors (Lipinski definition) is 1. The molecule has 2 fully saturated rings. The van der Waals surface area contributed by atoms with E-state index in [4.69, 9.17) is 14.2 Å². The topological polar surface area (TPSA) is 54.5 Å². The maximum atomic E-state index is 9.53. The Labute approximate surface area is 65.1 Å². The third-order valence-electron chi connectivity index (χ3n) is 2.07. The molecule has 0 saturated carbocycles. The van der Waals surface area contributed by atoms with Crippen LogP contribution in [0, 0.1) is 0 Å². The van der Waals surface area contributed by atoms with Gasteiger partial charge in [-0.3, -0.25) is 0 Å². The zero-order valence-corrected chi connectivity index (χ0v) is 6.40. The Morgan fingerprint density at radius 3 is 2.27 bits per heavy atom. The minimum atomic E-state index is -0.521. The van der Waals surface area contributed by atoms with E-state index in [2.05, 4.69) is 0 Å². The quantitative estimate of drug-likeness (QED) is 0.545. The lowest BCUT2D eigenvalue weighted by molar-refractivity contribution is -0.0378. The van der Waals surface area contributed by atoms with E-state index < -0.39 is 6.10 Å². The second kappa shape index (κ2) is 2.71. The molecule has 0 amide bonds. The number of epoxide rings is 2. The molecule has 4 atom stereocenters. The van der Waals surface area contributed by atoms with Gasteiger partial charge in [-0.25, -0.2) is 0 Å². The van der Waals surface area contributed by atoms with Crippen molar-refractivity contribution in [2.75, 3.05) is 20.3 Å². The van der Waals surface area contributed by atoms with Crippen molar-refractivity contribution in [3.05, 3.63) is 0 Å². The SMILES string of the molecule is CO[C@H]([C@@H](O)[C@@H]1CO1)[C@@H]1CO1. The standard InChI is InChI=1S/C7H12O4/c1-9-7(5-3-11-5)6(8)4-2-10-4/h4-8H,2-3H2,1H3/t4-,5-,6-,7-/m0/s1. The molecule has 4 nitrogen and oxygen atoms in total. The predicted molar refractivity (Wildman–Crippen MR) is 36.3 cm³/mol. The van der Waals surface area contributed by atoms with Crippen molar-refractivity contribution < 1.29 is 19.3 Å². The molecule has 0 aromatic carbocycles. The lowest BCUT2D eigenvalue weighted by Crippen LogP contribution is -2.37. The summed E-state index contributed by atoms with van der Waals surface area (Å²) in [6, 6.07) is 0. The van der Waals surface area contributed by atoms with Crippen LogP contribution in [0.1, 0.15) is 0 Å². The molecule has 4 heteroatoms. The van der Waals surface area contributed by atoms with E-state index in [9.17, 15) is 5.11 Å². The Hall–Kier alpha value is -0.160. The molecule has 2 aliphatic rings. The average Bonchev–Trinajstić information content (AvgIpc) is 2.86. The van der Waals surface area contributed by atoms with E-state index in [1.165, 1.54) is 0 Å². The van der Waals surface area contributed by atoms with Crippen molar-refractivity contribution in [1.29, 1.82) is 0 Å². The molecule has 64 valence electrons. The summed E-state index contributed by atoms with van der Waals surface area (Å²) < 4.78 is 15.0. The van der Waals surface area contributed by atoms with E-state index in [1.807, 2.05) is 0 Å². The fourth-order valence-corrected chi connectivity index (χ4v) is 1.22. The molecule has 0 radical (unpaired) electrons. The van der Waals surface area contributed by atoms with Gasteiger partial charge in [0.15, 0.2) is 0 Å². The summed E-state index contributed by atoms with van der Waals surface area (Å²) in [5.41, 5.74) is 0. The van der Waals surface area contributed by atoms with E-state index in [1.54, 1.807) is 7.11 Å². The molecule has 2 aliphatic heterocycles. The number of methoxy groups -OCH3 is 1. The second-order valence-electron chi connectivity index (χ2n) is 2.93. The maximum Gasteiger partial charge on any atom is 0.114 e. The number of rotatable bonds is 4. The van der Waals surface area contributed by atoms with Crippen molar-refractivity contribution in [2.45, 2.75) is 24.4 Å². The van der Waals surface area contributed by atoms with E-state index in [0.29, 0.717) is 13.2 Å². The number of ether oxygens (including phenoxy) is 3. The molecule has 1 N–H and O–H groups in total. The zero-order valence-electron chi connectivity index (χ0n) is 6.40. The van der Waals surface area contributed by atoms with Crippen molar-refractivity contribution >= 4 is 0 Å². The maximum absolute atomic E-state index is 9.53. The van der Waals surface area contributed by atoms with Gasteiger partial charge >= 0.3 is 0 Å². The number of hydrogen-bond acceptors (Lipinski definition) is 4. The highest BCUT2D eigenvalue weighted by Gasteiger charge is 2.45. The van der Waals surface area contributed by atoms with Crippen LogP contribution in [0.5, 0.6) is 0 Å². The molecule has 2 saturated heterocycles. The lowest BCUT2D eigenvalue weighted by atomic mass is 10.1. The highest BCUT2D eigenvalue weighted by Crippen LogP contribution is 2.25. The molecule has 2 rings (SSSR count). The van der Waals surface area contributed by atoms with Crippen molar-refractivity contribution in [3.8, 4) is 0 Å². The van der Waals surface area contributed by atoms with Gasteiger partial charge < -0.3 is 19.3 Å². The minimum absolute atomic E-state index is 0.0239. The molecular formula is C7H12O4. The first-order valence-corrected chi connectivity index (χ1v) is 3.77. The number of aliphatic hydroxyl groups excluding tert-OH is 1. The second-order valence-corrected chi connectivity index (χ2v) is 2.93.